The first-order chi connectivity index (χ1) is 13.8. The van der Waals surface area contributed by atoms with Crippen molar-refractivity contribution in [2.24, 2.45) is 0 Å². The molecule has 9 heteroatoms. The minimum Gasteiger partial charge on any atom is -0.349 e. The summed E-state index contributed by atoms with van der Waals surface area (Å²) in [4.78, 5) is 21.7. The van der Waals surface area contributed by atoms with Gasteiger partial charge in [-0.25, -0.2) is 18.4 Å². The van der Waals surface area contributed by atoms with Gasteiger partial charge in [-0.2, -0.15) is 4.31 Å². The van der Waals surface area contributed by atoms with Gasteiger partial charge in [0, 0.05) is 24.7 Å². The molecule has 152 valence electrons. The minimum absolute atomic E-state index is 0.0566. The van der Waals surface area contributed by atoms with Gasteiger partial charge in [0.25, 0.3) is 15.9 Å². The number of rotatable bonds is 4. The molecule has 3 aromatic rings. The molecule has 4 rings (SSSR count). The maximum Gasteiger partial charge on any atom is 0.252 e. The van der Waals surface area contributed by atoms with Gasteiger partial charge in [-0.1, -0.05) is 6.07 Å². The van der Waals surface area contributed by atoms with Gasteiger partial charge >= 0.3 is 0 Å². The zero-order valence-corrected chi connectivity index (χ0v) is 17.9. The molecule has 1 aliphatic heterocycles. The predicted octanol–water partition coefficient (Wildman–Crippen LogP) is 2.89. The van der Waals surface area contributed by atoms with Crippen LogP contribution in [0, 0.1) is 13.8 Å². The maximum absolute atomic E-state index is 12.7. The lowest BCUT2D eigenvalue weighted by atomic mass is 10.1. The van der Waals surface area contributed by atoms with Crippen molar-refractivity contribution < 1.29 is 13.2 Å². The van der Waals surface area contributed by atoms with Crippen LogP contribution in [-0.4, -0.2) is 47.7 Å². The average Bonchev–Trinajstić information content (AvgIpc) is 3.25. The summed E-state index contributed by atoms with van der Waals surface area (Å²) in [6, 6.07) is 8.61. The zero-order chi connectivity index (χ0) is 20.6. The molecule has 3 heterocycles. The Kier molecular flexibility index (Phi) is 5.37. The number of carbonyl (C=O) groups is 1. The molecule has 0 radical (unpaired) electrons. The highest BCUT2D eigenvalue weighted by atomic mass is 32.2. The number of aryl methyl sites for hydroxylation is 2. The van der Waals surface area contributed by atoms with Gasteiger partial charge in [-0.3, -0.25) is 4.79 Å². The molecule has 0 aliphatic carbocycles. The highest BCUT2D eigenvalue weighted by Crippen LogP contribution is 2.24. The van der Waals surface area contributed by atoms with Gasteiger partial charge in [0.1, 0.15) is 4.21 Å². The summed E-state index contributed by atoms with van der Waals surface area (Å²) in [5.41, 5.74) is 3.70. The third-order valence-electron chi connectivity index (χ3n) is 5.22. The normalized spacial score (nSPS) is 16.2. The van der Waals surface area contributed by atoms with Crippen molar-refractivity contribution >= 4 is 38.3 Å². The lowest BCUT2D eigenvalue weighted by Crippen LogP contribution is -2.46. The minimum atomic E-state index is -3.43. The summed E-state index contributed by atoms with van der Waals surface area (Å²) in [6.07, 6.45) is 1.17. The van der Waals surface area contributed by atoms with E-state index >= 15 is 0 Å². The Morgan fingerprint density at radius 3 is 2.45 bits per heavy atom. The van der Waals surface area contributed by atoms with Crippen LogP contribution in [0.15, 0.2) is 39.9 Å². The number of sulfonamides is 1. The van der Waals surface area contributed by atoms with Crippen LogP contribution in [-0.2, 0) is 10.0 Å². The molecule has 1 amide bonds. The standard InChI is InChI=1S/C20H22N4O3S2/c1-13-14(2)22-18-12-15(5-6-17(18)21-13)20(25)23-16-7-9-24(10-8-16)29(26,27)19-4-3-11-28-19/h3-6,11-12,16H,7-10H2,1-2H3,(H,23,25). The lowest BCUT2D eigenvalue weighted by molar-refractivity contribution is 0.0924. The molecular formula is C20H22N4O3S2. The van der Waals surface area contributed by atoms with E-state index in [1.165, 1.54) is 15.6 Å². The summed E-state index contributed by atoms with van der Waals surface area (Å²) in [5.74, 6) is -0.175. The fraction of sp³-hybridized carbons (Fsp3) is 0.350. The van der Waals surface area contributed by atoms with E-state index < -0.39 is 10.0 Å². The number of amides is 1. The quantitative estimate of drug-likeness (QED) is 0.687. The molecule has 1 aromatic carbocycles. The Labute approximate surface area is 173 Å². The Hall–Kier alpha value is -2.36. The van der Waals surface area contributed by atoms with E-state index in [1.54, 1.807) is 35.7 Å². The van der Waals surface area contributed by atoms with Crippen molar-refractivity contribution in [3.05, 3.63) is 52.7 Å². The summed E-state index contributed by atoms with van der Waals surface area (Å²) in [6.45, 7) is 4.60. The second kappa shape index (κ2) is 7.81. The van der Waals surface area contributed by atoms with E-state index in [1.807, 2.05) is 13.8 Å². The van der Waals surface area contributed by atoms with Crippen molar-refractivity contribution in [2.75, 3.05) is 13.1 Å². The molecule has 1 fully saturated rings. The number of piperidine rings is 1. The van der Waals surface area contributed by atoms with E-state index in [0.29, 0.717) is 41.2 Å². The molecule has 1 N–H and O–H groups in total. The van der Waals surface area contributed by atoms with E-state index in [2.05, 4.69) is 15.3 Å². The average molecular weight is 431 g/mol. The van der Waals surface area contributed by atoms with E-state index in [9.17, 15) is 13.2 Å². The van der Waals surface area contributed by atoms with Crippen LogP contribution in [0.25, 0.3) is 11.0 Å². The molecule has 0 bridgehead atoms. The van der Waals surface area contributed by atoms with E-state index in [-0.39, 0.29) is 11.9 Å². The largest absolute Gasteiger partial charge is 0.349 e. The molecule has 7 nitrogen and oxygen atoms in total. The Morgan fingerprint density at radius 2 is 1.79 bits per heavy atom. The van der Waals surface area contributed by atoms with Gasteiger partial charge in [0.05, 0.1) is 22.4 Å². The van der Waals surface area contributed by atoms with Crippen molar-refractivity contribution in [1.29, 1.82) is 0 Å². The molecule has 29 heavy (non-hydrogen) atoms. The van der Waals surface area contributed by atoms with Crippen LogP contribution in [0.4, 0.5) is 0 Å². The fourth-order valence-corrected chi connectivity index (χ4v) is 6.03. The number of hydrogen-bond donors (Lipinski definition) is 1. The first-order valence-electron chi connectivity index (χ1n) is 9.44. The summed E-state index contributed by atoms with van der Waals surface area (Å²) in [7, 11) is -3.43. The van der Waals surface area contributed by atoms with E-state index in [4.69, 9.17) is 0 Å². The van der Waals surface area contributed by atoms with Crippen LogP contribution in [0.2, 0.25) is 0 Å². The summed E-state index contributed by atoms with van der Waals surface area (Å²) >= 11 is 1.22. The highest BCUT2D eigenvalue weighted by molar-refractivity contribution is 7.91. The smallest absolute Gasteiger partial charge is 0.252 e. The first-order valence-corrected chi connectivity index (χ1v) is 11.8. The SMILES string of the molecule is Cc1nc2ccc(C(=O)NC3CCN(S(=O)(=O)c4cccs4)CC3)cc2nc1C. The number of carbonyl (C=O) groups excluding carboxylic acids is 1. The second-order valence-electron chi connectivity index (χ2n) is 7.18. The van der Waals surface area contributed by atoms with Crippen LogP contribution in [0.5, 0.6) is 0 Å². The number of fused-ring (bicyclic) bond motifs is 1. The molecule has 0 saturated carbocycles. The lowest BCUT2D eigenvalue weighted by Gasteiger charge is -2.31. The second-order valence-corrected chi connectivity index (χ2v) is 10.3. The Bertz CT molecular complexity index is 1150. The van der Waals surface area contributed by atoms with Crippen molar-refractivity contribution in [1.82, 2.24) is 19.6 Å². The maximum atomic E-state index is 12.7. The molecule has 1 saturated heterocycles. The molecule has 0 spiro atoms. The zero-order valence-electron chi connectivity index (χ0n) is 16.3. The van der Waals surface area contributed by atoms with Gasteiger partial charge < -0.3 is 5.32 Å². The van der Waals surface area contributed by atoms with Gasteiger partial charge in [-0.15, -0.1) is 11.3 Å². The van der Waals surface area contributed by atoms with Crippen molar-refractivity contribution in [2.45, 2.75) is 36.9 Å². The summed E-state index contributed by atoms with van der Waals surface area (Å²) < 4.78 is 27.1. The van der Waals surface area contributed by atoms with Gasteiger partial charge in [-0.05, 0) is 56.3 Å². The van der Waals surface area contributed by atoms with Crippen LogP contribution < -0.4 is 5.32 Å². The number of benzene rings is 1. The third-order valence-corrected chi connectivity index (χ3v) is 8.49. The van der Waals surface area contributed by atoms with Gasteiger partial charge in [0.15, 0.2) is 0 Å². The third kappa shape index (κ3) is 4.03. The Morgan fingerprint density at radius 1 is 1.10 bits per heavy atom. The fourth-order valence-electron chi connectivity index (χ4n) is 3.42. The Balaban J connectivity index is 1.41. The molecule has 2 aromatic heterocycles. The molecule has 0 atom stereocenters. The number of nitrogens with one attached hydrogen (secondary N) is 1. The molecular weight excluding hydrogens is 408 g/mol. The van der Waals surface area contributed by atoms with Crippen molar-refractivity contribution in [3.8, 4) is 0 Å². The van der Waals surface area contributed by atoms with Crippen molar-refractivity contribution in [3.63, 3.8) is 0 Å². The summed E-state index contributed by atoms with van der Waals surface area (Å²) in [5, 5.41) is 4.79. The number of aromatic nitrogens is 2. The monoisotopic (exact) mass is 430 g/mol. The number of nitrogens with zero attached hydrogens (tertiary/aromatic N) is 3. The first kappa shape index (κ1) is 19.9. The molecule has 0 unspecified atom stereocenters. The van der Waals surface area contributed by atoms with Crippen LogP contribution in [0.3, 0.4) is 0 Å². The molecule has 1 aliphatic rings. The highest BCUT2D eigenvalue weighted by Gasteiger charge is 2.30. The van der Waals surface area contributed by atoms with Crippen LogP contribution >= 0.6 is 11.3 Å². The topological polar surface area (TPSA) is 92.3 Å². The van der Waals surface area contributed by atoms with E-state index in [0.717, 1.165) is 16.9 Å². The predicted molar refractivity (Wildman–Crippen MR) is 113 cm³/mol. The van der Waals surface area contributed by atoms with Gasteiger partial charge in [0.2, 0.25) is 0 Å². The van der Waals surface area contributed by atoms with Crippen LogP contribution in [0.1, 0.15) is 34.6 Å². The number of thiophene rings is 1. The number of hydrogen-bond acceptors (Lipinski definition) is 6.